The summed E-state index contributed by atoms with van der Waals surface area (Å²) in [6.45, 7) is 0. The van der Waals surface area contributed by atoms with Crippen molar-refractivity contribution in [2.45, 2.75) is 0 Å². The number of fused-ring (bicyclic) bond motifs is 6. The van der Waals surface area contributed by atoms with Gasteiger partial charge in [-0.2, -0.15) is 0 Å². The molecule has 0 amide bonds. The van der Waals surface area contributed by atoms with Crippen molar-refractivity contribution in [3.05, 3.63) is 376 Å². The molecule has 0 atom stereocenters. The van der Waals surface area contributed by atoms with Gasteiger partial charge in [0.1, 0.15) is 47.7 Å². The summed E-state index contributed by atoms with van der Waals surface area (Å²) in [6, 6.07) is 127. The predicted molar refractivity (Wildman–Crippen MR) is 377 cm³/mol. The molecular formula is C82H60Au2P2Si2+2. The third-order valence-electron chi connectivity index (χ3n) is 16.9. The topological polar surface area (TPSA) is 0 Å². The minimum Gasteiger partial charge on any atom is -0.366 e. The van der Waals surface area contributed by atoms with Crippen molar-refractivity contribution in [3.8, 4) is 34.1 Å². The maximum Gasteiger partial charge on any atom is 1.00 e. The first-order valence-corrected chi connectivity index (χ1v) is 36.2. The Hall–Kier alpha value is -8.25. The van der Waals surface area contributed by atoms with Gasteiger partial charge < -0.3 is 12.8 Å². The standard InChI is InChI=1S/C30H24P2.2C26H17Si.2Au/c1-5-15-25(16-6-1)31(26-17-7-2-8-18-26)29-23-13-14-24-30(29)32(27-19-9-3-10-20-27)28-21-11-4-12-22-28;1-2-20-17-18-26-24(19-20)23-15-9-10-16-25(23)27(26,21-11-5-3-6-12-21)22-13-7-4-8-14-22;1-2-20-17-18-24-23-15-9-10-16-25(23)27(26(24)19-20,21-11-5-3-6-12-21)22-13-7-4-8-14-22;;/h1-24H;2*3-19H;;/q;2*-1;2*+1/p+2. The van der Waals surface area contributed by atoms with Crippen LogP contribution < -0.4 is 73.3 Å². The fraction of sp³-hybridized carbons (Fsp3) is 0. The molecule has 0 unspecified atom stereocenters. The summed E-state index contributed by atoms with van der Waals surface area (Å²) in [5.74, 6) is 5.16. The van der Waals surface area contributed by atoms with Gasteiger partial charge in [-0.05, 0) is 119 Å². The van der Waals surface area contributed by atoms with Crippen LogP contribution in [0.25, 0.3) is 22.3 Å². The first-order valence-electron chi connectivity index (χ1n) is 29.2. The van der Waals surface area contributed by atoms with Gasteiger partial charge in [-0.3, -0.25) is 11.8 Å². The summed E-state index contributed by atoms with van der Waals surface area (Å²) < 4.78 is 0. The van der Waals surface area contributed by atoms with E-state index < -0.39 is 32.0 Å². The molecule has 0 aliphatic carbocycles. The molecular weight excluding hydrogens is 1500 g/mol. The minimum absolute atomic E-state index is 0. The molecule has 0 fully saturated rings. The molecule has 0 aromatic heterocycles. The molecule has 13 aromatic carbocycles. The molecule has 0 nitrogen and oxygen atoms in total. The Kier molecular flexibility index (Phi) is 19.7. The second kappa shape index (κ2) is 28.3. The number of rotatable bonds is 10. The average Bonchev–Trinajstić information content (AvgIpc) is 1.56. The van der Waals surface area contributed by atoms with Crippen LogP contribution in [0.3, 0.4) is 0 Å². The van der Waals surface area contributed by atoms with Crippen LogP contribution in [0.15, 0.2) is 352 Å². The van der Waals surface area contributed by atoms with Crippen molar-refractivity contribution in [1.82, 2.24) is 0 Å². The number of benzene rings is 13. The van der Waals surface area contributed by atoms with E-state index in [1.54, 1.807) is 0 Å². The van der Waals surface area contributed by atoms with E-state index in [4.69, 9.17) is 12.8 Å². The average molecular weight is 1560 g/mol. The zero-order valence-corrected chi connectivity index (χ0v) is 56.4. The quantitative estimate of drug-likeness (QED) is 0.0554. The molecule has 0 N–H and O–H groups in total. The van der Waals surface area contributed by atoms with Gasteiger partial charge in [0.15, 0.2) is 16.1 Å². The second-order valence-corrected chi connectivity index (χ2v) is 33.9. The Morgan fingerprint density at radius 1 is 0.227 bits per heavy atom. The molecule has 0 bridgehead atoms. The van der Waals surface area contributed by atoms with Gasteiger partial charge >= 0.3 is 44.8 Å². The third kappa shape index (κ3) is 11.6. The molecule has 0 spiro atoms. The molecule has 2 heterocycles. The second-order valence-electron chi connectivity index (χ2n) is 21.6. The zero-order valence-electron chi connectivity index (χ0n) is 48.1. The molecule has 0 saturated carbocycles. The van der Waals surface area contributed by atoms with Crippen LogP contribution in [0.4, 0.5) is 0 Å². The Morgan fingerprint density at radius 3 is 0.852 bits per heavy atom. The zero-order chi connectivity index (χ0) is 58.1. The predicted octanol–water partition coefficient (Wildman–Crippen LogP) is 10.6. The SMILES string of the molecule is [Au+].[Au+].[C-]#Cc1ccc2c(c1)-c1ccccc1[Si]2(c1ccccc1)c1ccccc1.[C-]#Cc1ccc2c(c1)[Si](c1ccccc1)(c1ccccc1)c1ccccc1-2.c1ccc([PH+](c2ccccc2)c2ccccc2[PH+](c2ccccc2)c2ccccc2)cc1. The van der Waals surface area contributed by atoms with Crippen molar-refractivity contribution in [2.75, 3.05) is 0 Å². The Morgan fingerprint density at radius 2 is 0.489 bits per heavy atom. The van der Waals surface area contributed by atoms with Crippen LogP contribution in [0.5, 0.6) is 0 Å². The van der Waals surface area contributed by atoms with E-state index in [9.17, 15) is 0 Å². The van der Waals surface area contributed by atoms with Crippen LogP contribution in [0, 0.1) is 24.7 Å². The summed E-state index contributed by atoms with van der Waals surface area (Å²) in [5, 5.41) is 19.9. The molecule has 13 aromatic rings. The van der Waals surface area contributed by atoms with Crippen LogP contribution in [0.1, 0.15) is 11.1 Å². The van der Waals surface area contributed by atoms with Gasteiger partial charge in [-0.1, -0.05) is 272 Å². The van der Waals surface area contributed by atoms with E-state index >= 15 is 0 Å². The molecule has 88 heavy (non-hydrogen) atoms. The van der Waals surface area contributed by atoms with Gasteiger partial charge in [0, 0.05) is 0 Å². The van der Waals surface area contributed by atoms with Gasteiger partial charge in [-0.15, -0.1) is 35.4 Å². The fourth-order valence-corrected chi connectivity index (χ4v) is 29.7. The van der Waals surface area contributed by atoms with E-state index in [0.717, 1.165) is 11.1 Å². The summed E-state index contributed by atoms with van der Waals surface area (Å²) in [6.07, 6.45) is 15.3. The normalized spacial score (nSPS) is 12.3. The first kappa shape index (κ1) is 61.4. The summed E-state index contributed by atoms with van der Waals surface area (Å²) in [4.78, 5) is 0. The van der Waals surface area contributed by atoms with E-state index in [-0.39, 0.29) is 44.8 Å². The van der Waals surface area contributed by atoms with Crippen LogP contribution in [-0.4, -0.2) is 16.1 Å². The van der Waals surface area contributed by atoms with Crippen molar-refractivity contribution >= 4 is 105 Å². The maximum absolute atomic E-state index is 7.67. The fourth-order valence-electron chi connectivity index (χ4n) is 13.3. The van der Waals surface area contributed by atoms with Crippen LogP contribution >= 0.6 is 15.8 Å². The number of hydrogen-bond acceptors (Lipinski definition) is 0. The van der Waals surface area contributed by atoms with Crippen molar-refractivity contribution < 1.29 is 44.8 Å². The molecule has 15 rings (SSSR count). The van der Waals surface area contributed by atoms with E-state index in [0.29, 0.717) is 0 Å². The third-order valence-corrected chi connectivity index (χ3v) is 32.5. The van der Waals surface area contributed by atoms with Crippen LogP contribution in [-0.2, 0) is 44.8 Å². The smallest absolute Gasteiger partial charge is 0.366 e. The van der Waals surface area contributed by atoms with Gasteiger partial charge in [-0.25, -0.2) is 0 Å². The number of hydrogen-bond donors (Lipinski definition) is 0. The molecule has 0 saturated heterocycles. The first-order chi connectivity index (χ1) is 42.6. The monoisotopic (exact) mass is 1560 g/mol. The van der Waals surface area contributed by atoms with E-state index in [1.165, 1.54) is 95.6 Å². The summed E-state index contributed by atoms with van der Waals surface area (Å²) >= 11 is 0. The van der Waals surface area contributed by atoms with Gasteiger partial charge in [0.25, 0.3) is 0 Å². The molecule has 2 aliphatic heterocycles. The summed E-state index contributed by atoms with van der Waals surface area (Å²) in [5.41, 5.74) is 6.83. The summed E-state index contributed by atoms with van der Waals surface area (Å²) in [7, 11) is -7.03. The van der Waals surface area contributed by atoms with Gasteiger partial charge in [0.05, 0.1) is 0 Å². The van der Waals surface area contributed by atoms with E-state index in [2.05, 4.69) is 352 Å². The van der Waals surface area contributed by atoms with Crippen molar-refractivity contribution in [2.24, 2.45) is 0 Å². The van der Waals surface area contributed by atoms with Gasteiger partial charge in [0.2, 0.25) is 0 Å². The molecule has 0 radical (unpaired) electrons. The largest absolute Gasteiger partial charge is 1.00 e. The maximum atomic E-state index is 7.67. The van der Waals surface area contributed by atoms with Crippen LogP contribution in [0.2, 0.25) is 0 Å². The molecule has 426 valence electrons. The minimum atomic E-state index is -2.40. The van der Waals surface area contributed by atoms with Crippen molar-refractivity contribution in [1.29, 1.82) is 0 Å². The van der Waals surface area contributed by atoms with E-state index in [1.807, 2.05) is 12.1 Å². The molecule has 2 aliphatic rings. The molecule has 6 heteroatoms. The van der Waals surface area contributed by atoms with Crippen molar-refractivity contribution in [3.63, 3.8) is 0 Å². The Labute approximate surface area is 555 Å². The Balaban J connectivity index is 0.000000136. The Bertz CT molecular complexity index is 4280.